The van der Waals surface area contributed by atoms with Gasteiger partial charge < -0.3 is 19.5 Å². The number of esters is 1. The average molecular weight is 369 g/mol. The highest BCUT2D eigenvalue weighted by Crippen LogP contribution is 2.24. The first kappa shape index (κ1) is 20.0. The second-order valence-electron chi connectivity index (χ2n) is 5.60. The smallest absolute Gasteiger partial charge is 0.331 e. The molecule has 0 aliphatic rings. The first-order chi connectivity index (χ1) is 13.0. The van der Waals surface area contributed by atoms with Crippen molar-refractivity contribution < 1.29 is 23.8 Å². The van der Waals surface area contributed by atoms with Gasteiger partial charge in [-0.15, -0.1) is 0 Å². The van der Waals surface area contributed by atoms with Crippen molar-refractivity contribution in [2.75, 3.05) is 19.0 Å². The lowest BCUT2D eigenvalue weighted by atomic mass is 10.2. The summed E-state index contributed by atoms with van der Waals surface area (Å²) in [5.74, 6) is 0.249. The van der Waals surface area contributed by atoms with Gasteiger partial charge in [-0.25, -0.2) is 4.79 Å². The van der Waals surface area contributed by atoms with E-state index in [-0.39, 0.29) is 0 Å². The molecule has 0 saturated heterocycles. The van der Waals surface area contributed by atoms with Gasteiger partial charge in [0.15, 0.2) is 6.10 Å². The second kappa shape index (κ2) is 10.0. The summed E-state index contributed by atoms with van der Waals surface area (Å²) in [6.07, 6.45) is 1.93. The highest BCUT2D eigenvalue weighted by atomic mass is 16.5. The van der Waals surface area contributed by atoms with E-state index in [4.69, 9.17) is 14.2 Å². The van der Waals surface area contributed by atoms with E-state index in [9.17, 15) is 9.59 Å². The maximum absolute atomic E-state index is 12.3. The Bertz CT molecular complexity index is 798. The summed E-state index contributed by atoms with van der Waals surface area (Å²) in [5.41, 5.74) is 1.34. The van der Waals surface area contributed by atoms with E-state index in [1.54, 1.807) is 43.5 Å². The zero-order valence-electron chi connectivity index (χ0n) is 15.6. The number of hydrogen-bond acceptors (Lipinski definition) is 5. The molecule has 0 aromatic heterocycles. The molecule has 0 radical (unpaired) electrons. The Morgan fingerprint density at radius 1 is 1.11 bits per heavy atom. The molecule has 1 atom stereocenters. The first-order valence-electron chi connectivity index (χ1n) is 8.59. The van der Waals surface area contributed by atoms with Gasteiger partial charge in [0.2, 0.25) is 0 Å². The molecule has 6 nitrogen and oxygen atoms in total. The third-order valence-corrected chi connectivity index (χ3v) is 3.63. The zero-order valence-corrected chi connectivity index (χ0v) is 15.6. The number of para-hydroxylation sites is 2. The first-order valence-corrected chi connectivity index (χ1v) is 8.59. The third-order valence-electron chi connectivity index (χ3n) is 3.63. The van der Waals surface area contributed by atoms with E-state index in [1.807, 2.05) is 25.1 Å². The van der Waals surface area contributed by atoms with Crippen molar-refractivity contribution in [3.63, 3.8) is 0 Å². The number of carbonyl (C=O) groups is 2. The molecule has 1 unspecified atom stereocenters. The van der Waals surface area contributed by atoms with Crippen LogP contribution in [0.15, 0.2) is 54.6 Å². The van der Waals surface area contributed by atoms with Gasteiger partial charge in [0, 0.05) is 6.08 Å². The molecular formula is C21H23NO5. The van der Waals surface area contributed by atoms with E-state index in [1.165, 1.54) is 13.0 Å². The normalized spacial score (nSPS) is 11.7. The van der Waals surface area contributed by atoms with Crippen molar-refractivity contribution in [2.45, 2.75) is 20.0 Å². The van der Waals surface area contributed by atoms with Crippen LogP contribution in [-0.4, -0.2) is 31.7 Å². The molecule has 142 valence electrons. The number of hydrogen-bond donors (Lipinski definition) is 1. The fourth-order valence-electron chi connectivity index (χ4n) is 2.23. The van der Waals surface area contributed by atoms with E-state index in [0.717, 1.165) is 11.3 Å². The van der Waals surface area contributed by atoms with Crippen LogP contribution in [0.1, 0.15) is 19.4 Å². The Kier molecular flexibility index (Phi) is 7.43. The fraction of sp³-hybridized carbons (Fsp3) is 0.238. The van der Waals surface area contributed by atoms with Crippen molar-refractivity contribution in [1.82, 2.24) is 0 Å². The number of ether oxygens (including phenoxy) is 3. The molecule has 0 saturated carbocycles. The summed E-state index contributed by atoms with van der Waals surface area (Å²) in [4.78, 5) is 24.2. The highest BCUT2D eigenvalue weighted by Gasteiger charge is 2.18. The van der Waals surface area contributed by atoms with Crippen LogP contribution >= 0.6 is 0 Å². The number of anilines is 1. The molecule has 0 heterocycles. The molecule has 0 aliphatic carbocycles. The van der Waals surface area contributed by atoms with Crippen LogP contribution in [0.4, 0.5) is 5.69 Å². The summed E-state index contributed by atoms with van der Waals surface area (Å²) >= 11 is 0. The second-order valence-corrected chi connectivity index (χ2v) is 5.60. The quantitative estimate of drug-likeness (QED) is 0.568. The fourth-order valence-corrected chi connectivity index (χ4v) is 2.23. The third kappa shape index (κ3) is 6.18. The molecule has 1 amide bonds. The summed E-state index contributed by atoms with van der Waals surface area (Å²) in [5, 5.41) is 2.71. The molecular weight excluding hydrogens is 346 g/mol. The minimum atomic E-state index is -0.951. The number of nitrogens with one attached hydrogen (secondary N) is 1. The van der Waals surface area contributed by atoms with Crippen molar-refractivity contribution in [2.24, 2.45) is 0 Å². The predicted octanol–water partition coefficient (Wildman–Crippen LogP) is 3.68. The van der Waals surface area contributed by atoms with Gasteiger partial charge in [-0.3, -0.25) is 4.79 Å². The van der Waals surface area contributed by atoms with Crippen molar-refractivity contribution in [3.05, 3.63) is 60.2 Å². The number of benzene rings is 2. The lowest BCUT2D eigenvalue weighted by molar-refractivity contribution is -0.148. The van der Waals surface area contributed by atoms with Gasteiger partial charge >= 0.3 is 5.97 Å². The van der Waals surface area contributed by atoms with Gasteiger partial charge in [-0.1, -0.05) is 24.3 Å². The van der Waals surface area contributed by atoms with Gasteiger partial charge in [0.1, 0.15) is 11.5 Å². The van der Waals surface area contributed by atoms with Gasteiger partial charge in [-0.2, -0.15) is 0 Å². The lowest BCUT2D eigenvalue weighted by Crippen LogP contribution is -2.29. The maximum atomic E-state index is 12.3. The SMILES string of the molecule is CCOc1ccccc1NC(=O)C(C)OC(=O)/C=C/c1ccc(OC)cc1. The zero-order chi connectivity index (χ0) is 19.6. The van der Waals surface area contributed by atoms with Crippen LogP contribution in [0.25, 0.3) is 6.08 Å². The summed E-state index contributed by atoms with van der Waals surface area (Å²) in [6, 6.07) is 14.3. The standard InChI is InChI=1S/C21H23NO5/c1-4-26-19-8-6-5-7-18(19)22-21(24)15(2)27-20(23)14-11-16-9-12-17(25-3)13-10-16/h5-15H,4H2,1-3H3,(H,22,24)/b14-11+. The predicted molar refractivity (Wildman–Crippen MR) is 104 cm³/mol. The Hall–Kier alpha value is -3.28. The number of amides is 1. The van der Waals surface area contributed by atoms with Gasteiger partial charge in [0.25, 0.3) is 5.91 Å². The Morgan fingerprint density at radius 3 is 2.48 bits per heavy atom. The molecule has 0 aliphatic heterocycles. The molecule has 0 fully saturated rings. The largest absolute Gasteiger partial charge is 0.497 e. The van der Waals surface area contributed by atoms with E-state index in [2.05, 4.69) is 5.32 Å². The van der Waals surface area contributed by atoms with Gasteiger partial charge in [-0.05, 0) is 49.8 Å². The van der Waals surface area contributed by atoms with E-state index >= 15 is 0 Å². The molecule has 6 heteroatoms. The molecule has 0 spiro atoms. The van der Waals surface area contributed by atoms with Crippen molar-refractivity contribution >= 4 is 23.6 Å². The van der Waals surface area contributed by atoms with Crippen LogP contribution in [0.5, 0.6) is 11.5 Å². The molecule has 2 rings (SSSR count). The summed E-state index contributed by atoms with van der Waals surface area (Å²) in [7, 11) is 1.58. The van der Waals surface area contributed by atoms with Gasteiger partial charge in [0.05, 0.1) is 19.4 Å². The minimum Gasteiger partial charge on any atom is -0.497 e. The summed E-state index contributed by atoms with van der Waals surface area (Å²) in [6.45, 7) is 3.85. The van der Waals surface area contributed by atoms with Crippen LogP contribution in [0.2, 0.25) is 0 Å². The average Bonchev–Trinajstić information content (AvgIpc) is 2.68. The number of methoxy groups -OCH3 is 1. The molecule has 0 bridgehead atoms. The lowest BCUT2D eigenvalue weighted by Gasteiger charge is -2.15. The molecule has 2 aromatic rings. The minimum absolute atomic E-state index is 0.437. The maximum Gasteiger partial charge on any atom is 0.331 e. The molecule has 27 heavy (non-hydrogen) atoms. The topological polar surface area (TPSA) is 73.9 Å². The molecule has 1 N–H and O–H groups in total. The Labute approximate surface area is 158 Å². The van der Waals surface area contributed by atoms with E-state index in [0.29, 0.717) is 18.0 Å². The van der Waals surface area contributed by atoms with Crippen molar-refractivity contribution in [3.8, 4) is 11.5 Å². The van der Waals surface area contributed by atoms with Crippen LogP contribution in [0.3, 0.4) is 0 Å². The van der Waals surface area contributed by atoms with E-state index < -0.39 is 18.0 Å². The monoisotopic (exact) mass is 369 g/mol. The Balaban J connectivity index is 1.91. The molecule has 2 aromatic carbocycles. The van der Waals surface area contributed by atoms with Crippen molar-refractivity contribution in [1.29, 1.82) is 0 Å². The number of carbonyl (C=O) groups excluding carboxylic acids is 2. The van der Waals surface area contributed by atoms with Crippen LogP contribution in [-0.2, 0) is 14.3 Å². The summed E-state index contributed by atoms with van der Waals surface area (Å²) < 4.78 is 15.7. The highest BCUT2D eigenvalue weighted by molar-refractivity contribution is 5.97. The Morgan fingerprint density at radius 2 is 1.81 bits per heavy atom. The van der Waals surface area contributed by atoms with Crippen LogP contribution in [0, 0.1) is 0 Å². The number of rotatable bonds is 8. The van der Waals surface area contributed by atoms with Crippen LogP contribution < -0.4 is 14.8 Å².